The van der Waals surface area contributed by atoms with Crippen LogP contribution in [0.1, 0.15) is 26.3 Å². The van der Waals surface area contributed by atoms with Gasteiger partial charge in [0.2, 0.25) is 0 Å². The molecule has 1 N–H and O–H groups in total. The van der Waals surface area contributed by atoms with E-state index in [2.05, 4.69) is 48.1 Å². The molecular formula is C13H18BrNO. The van der Waals surface area contributed by atoms with Gasteiger partial charge in [-0.2, -0.15) is 0 Å². The maximum atomic E-state index is 6.01. The van der Waals surface area contributed by atoms with Crippen LogP contribution >= 0.6 is 15.9 Å². The Morgan fingerprint density at radius 3 is 2.50 bits per heavy atom. The van der Waals surface area contributed by atoms with E-state index in [-0.39, 0.29) is 11.1 Å². The van der Waals surface area contributed by atoms with Crippen LogP contribution in [-0.4, -0.2) is 13.2 Å². The highest BCUT2D eigenvalue weighted by Crippen LogP contribution is 2.34. The van der Waals surface area contributed by atoms with Crippen LogP contribution in [0.5, 0.6) is 0 Å². The third-order valence-corrected chi connectivity index (χ3v) is 3.74. The zero-order valence-corrected chi connectivity index (χ0v) is 11.6. The number of halogens is 1. The summed E-state index contributed by atoms with van der Waals surface area (Å²) in [5, 5.41) is 3.49. The van der Waals surface area contributed by atoms with Gasteiger partial charge in [0.15, 0.2) is 0 Å². The van der Waals surface area contributed by atoms with E-state index >= 15 is 0 Å². The van der Waals surface area contributed by atoms with E-state index in [1.807, 2.05) is 18.2 Å². The molecule has 16 heavy (non-hydrogen) atoms. The standard InChI is InChI=1S/C13H18BrNO/c1-12(2)8-15-13(3,16-9-12)10-6-4-5-7-11(10)14/h4-7,15H,8-9H2,1-3H3. The summed E-state index contributed by atoms with van der Waals surface area (Å²) in [7, 11) is 0. The maximum Gasteiger partial charge on any atom is 0.143 e. The Hall–Kier alpha value is -0.380. The van der Waals surface area contributed by atoms with Crippen molar-refractivity contribution >= 4 is 15.9 Å². The van der Waals surface area contributed by atoms with Crippen LogP contribution in [0, 0.1) is 5.41 Å². The smallest absolute Gasteiger partial charge is 0.143 e. The fourth-order valence-electron chi connectivity index (χ4n) is 1.87. The third-order valence-electron chi connectivity index (χ3n) is 3.04. The highest BCUT2D eigenvalue weighted by Gasteiger charge is 2.37. The number of rotatable bonds is 1. The first-order chi connectivity index (χ1) is 7.43. The average molecular weight is 284 g/mol. The first-order valence-corrected chi connectivity index (χ1v) is 6.36. The molecule has 88 valence electrons. The second-order valence-corrected chi connectivity index (χ2v) is 6.17. The molecule has 1 aromatic rings. The van der Waals surface area contributed by atoms with Crippen LogP contribution in [0.2, 0.25) is 0 Å². The van der Waals surface area contributed by atoms with Gasteiger partial charge in [0.1, 0.15) is 5.72 Å². The summed E-state index contributed by atoms with van der Waals surface area (Å²) >= 11 is 3.58. The Morgan fingerprint density at radius 1 is 1.25 bits per heavy atom. The van der Waals surface area contributed by atoms with Crippen molar-refractivity contribution in [3.05, 3.63) is 34.3 Å². The molecule has 3 heteroatoms. The van der Waals surface area contributed by atoms with Crippen molar-refractivity contribution in [1.82, 2.24) is 5.32 Å². The molecule has 0 amide bonds. The predicted octanol–water partition coefficient (Wildman–Crippen LogP) is 3.27. The summed E-state index contributed by atoms with van der Waals surface area (Å²) in [5.74, 6) is 0. The minimum absolute atomic E-state index is 0.209. The van der Waals surface area contributed by atoms with Crippen molar-refractivity contribution in [2.24, 2.45) is 5.41 Å². The Balaban J connectivity index is 2.25. The van der Waals surface area contributed by atoms with Crippen molar-refractivity contribution in [3.8, 4) is 0 Å². The molecular weight excluding hydrogens is 266 g/mol. The minimum Gasteiger partial charge on any atom is -0.356 e. The van der Waals surface area contributed by atoms with E-state index in [9.17, 15) is 0 Å². The molecule has 1 aromatic carbocycles. The van der Waals surface area contributed by atoms with E-state index in [1.165, 1.54) is 0 Å². The molecule has 1 saturated heterocycles. The molecule has 2 rings (SSSR count). The number of benzene rings is 1. The molecule has 1 aliphatic heterocycles. The van der Waals surface area contributed by atoms with Gasteiger partial charge in [-0.1, -0.05) is 48.0 Å². The number of ether oxygens (including phenoxy) is 1. The topological polar surface area (TPSA) is 21.3 Å². The van der Waals surface area contributed by atoms with Crippen molar-refractivity contribution in [2.75, 3.05) is 13.2 Å². The lowest BCUT2D eigenvalue weighted by Gasteiger charge is -2.43. The Bertz CT molecular complexity index is 379. The summed E-state index contributed by atoms with van der Waals surface area (Å²) in [5.41, 5.74) is 0.988. The van der Waals surface area contributed by atoms with E-state index < -0.39 is 0 Å². The Labute approximate surface area is 106 Å². The van der Waals surface area contributed by atoms with Gasteiger partial charge in [0, 0.05) is 22.0 Å². The van der Waals surface area contributed by atoms with Gasteiger partial charge in [-0.05, 0) is 13.0 Å². The van der Waals surface area contributed by atoms with Gasteiger partial charge in [0.05, 0.1) is 6.61 Å². The van der Waals surface area contributed by atoms with Gasteiger partial charge in [-0.3, -0.25) is 5.32 Å². The monoisotopic (exact) mass is 283 g/mol. The fourth-order valence-corrected chi connectivity index (χ4v) is 2.53. The third kappa shape index (κ3) is 2.31. The lowest BCUT2D eigenvalue weighted by Crippen LogP contribution is -2.53. The van der Waals surface area contributed by atoms with Crippen molar-refractivity contribution < 1.29 is 4.74 Å². The van der Waals surface area contributed by atoms with Crippen molar-refractivity contribution in [1.29, 1.82) is 0 Å². The maximum absolute atomic E-state index is 6.01. The molecule has 1 unspecified atom stereocenters. The summed E-state index contributed by atoms with van der Waals surface area (Å²) in [4.78, 5) is 0. The van der Waals surface area contributed by atoms with E-state index in [1.54, 1.807) is 0 Å². The van der Waals surface area contributed by atoms with Crippen LogP contribution in [0.25, 0.3) is 0 Å². The van der Waals surface area contributed by atoms with E-state index in [0.717, 1.165) is 23.2 Å². The molecule has 0 bridgehead atoms. The zero-order valence-electron chi connectivity index (χ0n) is 10.0. The highest BCUT2D eigenvalue weighted by molar-refractivity contribution is 9.10. The zero-order chi connectivity index (χ0) is 11.8. The summed E-state index contributed by atoms with van der Waals surface area (Å²) < 4.78 is 7.09. The number of hydrogen-bond acceptors (Lipinski definition) is 2. The average Bonchev–Trinajstić information content (AvgIpc) is 2.24. The largest absolute Gasteiger partial charge is 0.356 e. The normalized spacial score (nSPS) is 29.0. The van der Waals surface area contributed by atoms with E-state index in [4.69, 9.17) is 4.74 Å². The second kappa shape index (κ2) is 4.13. The second-order valence-electron chi connectivity index (χ2n) is 5.32. The van der Waals surface area contributed by atoms with Gasteiger partial charge in [0.25, 0.3) is 0 Å². The molecule has 0 saturated carbocycles. The van der Waals surface area contributed by atoms with Crippen LogP contribution in [0.15, 0.2) is 28.7 Å². The fraction of sp³-hybridized carbons (Fsp3) is 0.538. The molecule has 1 atom stereocenters. The Kier molecular flexibility index (Phi) is 3.12. The first kappa shape index (κ1) is 12.1. The SMILES string of the molecule is CC1(C)CNC(C)(c2ccccc2Br)OC1. The first-order valence-electron chi connectivity index (χ1n) is 5.57. The van der Waals surface area contributed by atoms with Gasteiger partial charge in [-0.15, -0.1) is 0 Å². The number of hydrogen-bond donors (Lipinski definition) is 1. The molecule has 0 aliphatic carbocycles. The molecule has 1 aliphatic rings. The van der Waals surface area contributed by atoms with E-state index in [0.29, 0.717) is 0 Å². The Morgan fingerprint density at radius 2 is 1.94 bits per heavy atom. The van der Waals surface area contributed by atoms with Gasteiger partial charge < -0.3 is 4.74 Å². The summed E-state index contributed by atoms with van der Waals surface area (Å²) in [6.07, 6.45) is 0. The summed E-state index contributed by atoms with van der Waals surface area (Å²) in [6, 6.07) is 8.20. The lowest BCUT2D eigenvalue weighted by atomic mass is 9.90. The van der Waals surface area contributed by atoms with Crippen molar-refractivity contribution in [2.45, 2.75) is 26.5 Å². The van der Waals surface area contributed by atoms with Crippen LogP contribution in [0.4, 0.5) is 0 Å². The highest BCUT2D eigenvalue weighted by atomic mass is 79.9. The number of nitrogens with one attached hydrogen (secondary N) is 1. The van der Waals surface area contributed by atoms with Gasteiger partial charge in [-0.25, -0.2) is 0 Å². The molecule has 0 spiro atoms. The van der Waals surface area contributed by atoms with Crippen LogP contribution in [0.3, 0.4) is 0 Å². The quantitative estimate of drug-likeness (QED) is 0.854. The minimum atomic E-state index is -0.379. The molecule has 1 fully saturated rings. The predicted molar refractivity (Wildman–Crippen MR) is 69.2 cm³/mol. The summed E-state index contributed by atoms with van der Waals surface area (Å²) in [6.45, 7) is 8.24. The molecule has 1 heterocycles. The molecule has 0 radical (unpaired) electrons. The van der Waals surface area contributed by atoms with Crippen LogP contribution < -0.4 is 5.32 Å². The van der Waals surface area contributed by atoms with Crippen molar-refractivity contribution in [3.63, 3.8) is 0 Å². The molecule has 0 aromatic heterocycles. The lowest BCUT2D eigenvalue weighted by molar-refractivity contribution is -0.132. The van der Waals surface area contributed by atoms with Crippen LogP contribution in [-0.2, 0) is 10.5 Å². The van der Waals surface area contributed by atoms with Gasteiger partial charge >= 0.3 is 0 Å². The molecule has 2 nitrogen and oxygen atoms in total.